The van der Waals surface area contributed by atoms with Crippen LogP contribution in [0.25, 0.3) is 0 Å². The van der Waals surface area contributed by atoms with Gasteiger partial charge >= 0.3 is 13.6 Å². The van der Waals surface area contributed by atoms with E-state index in [0.29, 0.717) is 29.4 Å². The van der Waals surface area contributed by atoms with Crippen molar-refractivity contribution in [3.05, 3.63) is 76.3 Å². The fraction of sp³-hybridized carbons (Fsp3) is 0.406. The number of carbonyl (C=O) groups is 1. The van der Waals surface area contributed by atoms with Gasteiger partial charge in [0.25, 0.3) is 0 Å². The molecule has 0 amide bonds. The Morgan fingerprint density at radius 2 is 1.65 bits per heavy atom. The minimum absolute atomic E-state index is 0.0768. The molecule has 2 N–H and O–H groups in total. The lowest BCUT2D eigenvalue weighted by Crippen LogP contribution is -2.36. The number of aromatic hydroxyl groups is 1. The molecule has 0 saturated carbocycles. The molecule has 0 aromatic heterocycles. The van der Waals surface area contributed by atoms with Crippen molar-refractivity contribution in [1.29, 1.82) is 0 Å². The van der Waals surface area contributed by atoms with Gasteiger partial charge in [-0.3, -0.25) is 4.79 Å². The van der Waals surface area contributed by atoms with Crippen LogP contribution in [0.5, 0.6) is 28.7 Å². The summed E-state index contributed by atoms with van der Waals surface area (Å²) in [6, 6.07) is 13.3. The Morgan fingerprint density at radius 3 is 2.33 bits per heavy atom. The van der Waals surface area contributed by atoms with Crippen molar-refractivity contribution in [3.63, 3.8) is 0 Å². The third-order valence-corrected chi connectivity index (χ3v) is 8.13. The Bertz CT molecular complexity index is 1480. The molecule has 0 radical (unpaired) electrons. The highest BCUT2D eigenvalue weighted by molar-refractivity contribution is 7.54. The van der Waals surface area contributed by atoms with Crippen molar-refractivity contribution in [2.75, 3.05) is 13.1 Å². The fourth-order valence-corrected chi connectivity index (χ4v) is 5.76. The van der Waals surface area contributed by atoms with Crippen LogP contribution in [0, 0.1) is 13.8 Å². The molecule has 4 rings (SSSR count). The van der Waals surface area contributed by atoms with Gasteiger partial charge in [0.1, 0.15) is 23.3 Å². The predicted octanol–water partition coefficient (Wildman–Crippen LogP) is 6.92. The van der Waals surface area contributed by atoms with Crippen LogP contribution in [0.2, 0.25) is 0 Å². The van der Waals surface area contributed by atoms with E-state index in [2.05, 4.69) is 5.48 Å². The number of aryl methyl sites for hydroxylation is 2. The van der Waals surface area contributed by atoms with Gasteiger partial charge in [-0.15, -0.1) is 0 Å². The summed E-state index contributed by atoms with van der Waals surface area (Å²) in [5.74, 6) is 1.62. The summed E-state index contributed by atoms with van der Waals surface area (Å²) in [5.41, 5.74) is 7.60. The molecule has 1 unspecified atom stereocenters. The summed E-state index contributed by atoms with van der Waals surface area (Å²) < 4.78 is 47.1. The molecule has 43 heavy (non-hydrogen) atoms. The van der Waals surface area contributed by atoms with Crippen LogP contribution < -0.4 is 24.2 Å². The smallest absolute Gasteiger partial charge is 0.432 e. The highest BCUT2D eigenvalue weighted by Gasteiger charge is 2.32. The van der Waals surface area contributed by atoms with E-state index in [0.717, 1.165) is 27.8 Å². The van der Waals surface area contributed by atoms with Crippen molar-refractivity contribution in [2.45, 2.75) is 73.0 Å². The summed E-state index contributed by atoms with van der Waals surface area (Å²) in [4.78, 5) is 12.3. The molecule has 11 heteroatoms. The number of hydrogen-bond acceptors (Lipinski definition) is 10. The zero-order valence-corrected chi connectivity index (χ0v) is 26.5. The molecule has 0 spiro atoms. The number of ether oxygens (including phenoxy) is 4. The van der Waals surface area contributed by atoms with Gasteiger partial charge < -0.3 is 28.6 Å². The monoisotopic (exact) mass is 613 g/mol. The van der Waals surface area contributed by atoms with Gasteiger partial charge in [-0.25, -0.2) is 9.19 Å². The first-order valence-corrected chi connectivity index (χ1v) is 15.9. The second-order valence-corrected chi connectivity index (χ2v) is 13.0. The van der Waals surface area contributed by atoms with Gasteiger partial charge in [0, 0.05) is 6.07 Å². The van der Waals surface area contributed by atoms with Gasteiger partial charge in [-0.05, 0) is 105 Å². The quantitative estimate of drug-likeness (QED) is 0.119. The number of hydroxylamine groups is 1. The van der Waals surface area contributed by atoms with Crippen LogP contribution >= 0.6 is 7.60 Å². The van der Waals surface area contributed by atoms with E-state index in [1.54, 1.807) is 38.1 Å². The topological polar surface area (TPSA) is 122 Å². The zero-order valence-electron chi connectivity index (χ0n) is 25.6. The van der Waals surface area contributed by atoms with E-state index in [1.807, 2.05) is 52.0 Å². The maximum atomic E-state index is 13.9. The Hall–Kier alpha value is -3.72. The lowest BCUT2D eigenvalue weighted by Gasteiger charge is -2.22. The largest absolute Gasteiger partial charge is 0.508 e. The SMILES string of the molecule is Cc1cc(OCP(=O)(ON[C@H](C)C(=O)OC(C)C)Oc2ccc3c(c2)OCO3)cc(C)c1Cc1ccc(O)c(C(C)C)c1. The van der Waals surface area contributed by atoms with Gasteiger partial charge in [0.2, 0.25) is 13.1 Å². The third kappa shape index (κ3) is 8.44. The number of esters is 1. The molecule has 3 aromatic carbocycles. The van der Waals surface area contributed by atoms with E-state index in [4.69, 9.17) is 28.1 Å². The van der Waals surface area contributed by atoms with E-state index >= 15 is 0 Å². The van der Waals surface area contributed by atoms with Crippen LogP contribution in [0.15, 0.2) is 48.5 Å². The molecule has 3 aromatic rings. The molecular weight excluding hydrogens is 573 g/mol. The van der Waals surface area contributed by atoms with Crippen molar-refractivity contribution in [3.8, 4) is 28.7 Å². The standard InChI is InChI=1S/C32H40NO9P/c1-19(2)27-14-24(8-10-29(27)34)15-28-21(5)12-26(13-22(28)6)39-18-43(36,42-33-23(7)32(35)40-20(3)4)41-25-9-11-30-31(16-25)38-17-37-30/h8-14,16,19-20,23,33-34H,15,17-18H2,1-7H3/t23-,43?/m1/s1. The molecule has 0 saturated heterocycles. The van der Waals surface area contributed by atoms with Crippen LogP contribution in [-0.2, 0) is 25.1 Å². The highest BCUT2D eigenvalue weighted by atomic mass is 31.2. The van der Waals surface area contributed by atoms with Crippen LogP contribution in [0.1, 0.15) is 68.4 Å². The van der Waals surface area contributed by atoms with E-state index in [1.165, 1.54) is 6.92 Å². The molecule has 1 aliphatic rings. The highest BCUT2D eigenvalue weighted by Crippen LogP contribution is 2.49. The van der Waals surface area contributed by atoms with Crippen molar-refractivity contribution < 1.29 is 42.6 Å². The van der Waals surface area contributed by atoms with Gasteiger partial charge in [0.05, 0.1) is 6.10 Å². The maximum Gasteiger partial charge on any atom is 0.432 e. The molecule has 10 nitrogen and oxygen atoms in total. The van der Waals surface area contributed by atoms with E-state index < -0.39 is 26.0 Å². The number of hydrogen-bond donors (Lipinski definition) is 2. The Kier molecular flexibility index (Phi) is 10.3. The lowest BCUT2D eigenvalue weighted by molar-refractivity contribution is -0.151. The maximum absolute atomic E-state index is 13.9. The first-order chi connectivity index (χ1) is 20.3. The van der Waals surface area contributed by atoms with Crippen LogP contribution in [-0.4, -0.2) is 36.4 Å². The number of phenols is 1. The Morgan fingerprint density at radius 1 is 0.953 bits per heavy atom. The van der Waals surface area contributed by atoms with Crippen molar-refractivity contribution in [2.24, 2.45) is 0 Å². The van der Waals surface area contributed by atoms with E-state index in [9.17, 15) is 14.5 Å². The molecule has 0 fully saturated rings. The number of nitrogens with one attached hydrogen (secondary N) is 1. The molecule has 0 aliphatic carbocycles. The molecular formula is C32H40NO9P. The minimum atomic E-state index is -4.04. The number of fused-ring (bicyclic) bond motifs is 1. The first-order valence-electron chi connectivity index (χ1n) is 14.2. The molecule has 2 atom stereocenters. The minimum Gasteiger partial charge on any atom is -0.508 e. The normalized spacial score (nSPS) is 14.4. The lowest BCUT2D eigenvalue weighted by atomic mass is 9.93. The van der Waals surface area contributed by atoms with Gasteiger partial charge in [0.15, 0.2) is 11.5 Å². The van der Waals surface area contributed by atoms with E-state index in [-0.39, 0.29) is 24.6 Å². The summed E-state index contributed by atoms with van der Waals surface area (Å²) in [5, 5.41) is 10.2. The number of phenolic OH excluding ortho intramolecular Hbond substituents is 1. The average molecular weight is 614 g/mol. The Balaban J connectivity index is 1.51. The second-order valence-electron chi connectivity index (χ2n) is 11.2. The first kappa shape index (κ1) is 32.2. The predicted molar refractivity (Wildman–Crippen MR) is 162 cm³/mol. The van der Waals surface area contributed by atoms with Crippen molar-refractivity contribution >= 4 is 13.6 Å². The summed E-state index contributed by atoms with van der Waals surface area (Å²) >= 11 is 0. The van der Waals surface area contributed by atoms with Gasteiger partial charge in [-0.2, -0.15) is 5.48 Å². The van der Waals surface area contributed by atoms with Crippen LogP contribution in [0.3, 0.4) is 0 Å². The average Bonchev–Trinajstić information content (AvgIpc) is 3.41. The second kappa shape index (κ2) is 13.7. The summed E-state index contributed by atoms with van der Waals surface area (Å²) in [6.07, 6.45) is -0.0902. The molecule has 0 bridgehead atoms. The molecule has 1 heterocycles. The van der Waals surface area contributed by atoms with Crippen molar-refractivity contribution in [1.82, 2.24) is 5.48 Å². The van der Waals surface area contributed by atoms with Gasteiger partial charge in [-0.1, -0.05) is 26.0 Å². The molecule has 232 valence electrons. The fourth-order valence-electron chi connectivity index (χ4n) is 4.56. The number of benzene rings is 3. The number of carbonyl (C=O) groups excluding carboxylic acids is 1. The Labute approximate surface area is 252 Å². The number of rotatable bonds is 13. The molecule has 1 aliphatic heterocycles. The third-order valence-electron chi connectivity index (χ3n) is 6.82. The summed E-state index contributed by atoms with van der Waals surface area (Å²) in [6.45, 7) is 13.1. The zero-order chi connectivity index (χ0) is 31.3. The van der Waals surface area contributed by atoms with Crippen LogP contribution in [0.4, 0.5) is 0 Å². The summed E-state index contributed by atoms with van der Waals surface area (Å²) in [7, 11) is -4.04.